The zero-order valence-corrected chi connectivity index (χ0v) is 15.6. The topological polar surface area (TPSA) is 72.2 Å². The number of nitrogens with one attached hydrogen (secondary N) is 1. The summed E-state index contributed by atoms with van der Waals surface area (Å²) in [6.45, 7) is 2.07. The van der Waals surface area contributed by atoms with Gasteiger partial charge in [-0.2, -0.15) is 30.7 Å². The van der Waals surface area contributed by atoms with Crippen molar-refractivity contribution in [1.82, 2.24) is 0 Å². The molecule has 1 N–H and O–H groups in total. The second-order valence-corrected chi connectivity index (χ2v) is 6.52. The Labute approximate surface area is 168 Å². The first-order valence-electron chi connectivity index (χ1n) is 8.20. The number of hydrogen-bond acceptors (Lipinski definition) is 3. The van der Waals surface area contributed by atoms with E-state index in [1.165, 1.54) is 0 Å². The highest BCUT2D eigenvalue weighted by Gasteiger charge is 2.73. The number of carbonyl (C=O) groups is 1. The van der Waals surface area contributed by atoms with Crippen molar-refractivity contribution in [2.24, 2.45) is 0 Å². The molecule has 0 saturated carbocycles. The van der Waals surface area contributed by atoms with Crippen LogP contribution in [0, 0.1) is 29.8 Å². The van der Waals surface area contributed by atoms with Crippen LogP contribution in [0.4, 0.5) is 46.5 Å². The molecule has 168 valence electrons. The van der Waals surface area contributed by atoms with Gasteiger partial charge in [0.05, 0.1) is 4.92 Å². The van der Waals surface area contributed by atoms with Crippen molar-refractivity contribution in [1.29, 1.82) is 0 Å². The molecule has 0 aliphatic carbocycles. The number of nitro benzene ring substituents is 1. The summed E-state index contributed by atoms with van der Waals surface area (Å²) < 4.78 is 105. The highest BCUT2D eigenvalue weighted by molar-refractivity contribution is 6.05. The van der Waals surface area contributed by atoms with Gasteiger partial charge in [0.2, 0.25) is 5.82 Å². The third-order valence-electron chi connectivity index (χ3n) is 4.36. The lowest BCUT2D eigenvalue weighted by molar-refractivity contribution is -0.387. The summed E-state index contributed by atoms with van der Waals surface area (Å²) in [5.74, 6) is -2.28. The van der Waals surface area contributed by atoms with Gasteiger partial charge in [-0.15, -0.1) is 0 Å². The summed E-state index contributed by atoms with van der Waals surface area (Å²) in [4.78, 5) is 22.0. The summed E-state index contributed by atoms with van der Waals surface area (Å²) in [5.41, 5.74) is -9.71. The number of nitro groups is 1. The molecule has 0 spiro atoms. The molecule has 13 heteroatoms. The maximum absolute atomic E-state index is 14.3. The largest absolute Gasteiger partial charge is 0.435 e. The Bertz CT molecular complexity index is 1010. The second-order valence-electron chi connectivity index (χ2n) is 6.52. The maximum Gasteiger partial charge on any atom is 0.435 e. The predicted octanol–water partition coefficient (Wildman–Crippen LogP) is 5.89. The third kappa shape index (κ3) is 4.30. The maximum atomic E-state index is 14.3. The van der Waals surface area contributed by atoms with Gasteiger partial charge in [-0.3, -0.25) is 14.9 Å². The van der Waals surface area contributed by atoms with Crippen molar-refractivity contribution in [3.8, 4) is 0 Å². The van der Waals surface area contributed by atoms with E-state index in [1.807, 2.05) is 0 Å². The van der Waals surface area contributed by atoms with E-state index in [4.69, 9.17) is 0 Å². The number of carbonyl (C=O) groups excluding carboxylic acids is 1. The van der Waals surface area contributed by atoms with E-state index >= 15 is 0 Å². The lowest BCUT2D eigenvalue weighted by Gasteiger charge is -2.31. The van der Waals surface area contributed by atoms with E-state index in [0.717, 1.165) is 19.9 Å². The molecule has 5 nitrogen and oxygen atoms in total. The normalized spacial score (nSPS) is 12.6. The molecule has 0 atom stereocenters. The van der Waals surface area contributed by atoms with Crippen molar-refractivity contribution in [2.75, 3.05) is 5.32 Å². The number of aryl methyl sites for hydroxylation is 2. The lowest BCUT2D eigenvalue weighted by Crippen LogP contribution is -2.50. The van der Waals surface area contributed by atoms with Crippen LogP contribution in [0.2, 0.25) is 0 Å². The lowest BCUT2D eigenvalue weighted by atomic mass is 9.90. The van der Waals surface area contributed by atoms with Crippen LogP contribution in [-0.4, -0.2) is 23.2 Å². The second kappa shape index (κ2) is 7.78. The van der Waals surface area contributed by atoms with E-state index in [1.54, 1.807) is 0 Å². The fourth-order valence-electron chi connectivity index (χ4n) is 2.83. The third-order valence-corrected chi connectivity index (χ3v) is 4.36. The standard InChI is InChI=1S/C18H12F8N2O3/c1-8-5-11(16(20,17(21,22)23)18(24,25)26)6-9(2)14(8)27-15(29)10-3-4-12(19)13(7-10)28(30)31/h3-7H,1-2H3,(H,27,29). The van der Waals surface area contributed by atoms with Crippen LogP contribution in [-0.2, 0) is 5.67 Å². The molecule has 31 heavy (non-hydrogen) atoms. The molecule has 2 aromatic carbocycles. The minimum atomic E-state index is -6.30. The predicted molar refractivity (Wildman–Crippen MR) is 91.8 cm³/mol. The number of rotatable bonds is 4. The van der Waals surface area contributed by atoms with Crippen molar-refractivity contribution >= 4 is 17.3 Å². The van der Waals surface area contributed by atoms with Crippen LogP contribution >= 0.6 is 0 Å². The first kappa shape index (κ1) is 24.0. The number of amides is 1. The van der Waals surface area contributed by atoms with Gasteiger partial charge in [-0.05, 0) is 37.1 Å². The van der Waals surface area contributed by atoms with Crippen molar-refractivity contribution < 1.29 is 44.8 Å². The quantitative estimate of drug-likeness (QED) is 0.354. The molecule has 0 heterocycles. The van der Waals surface area contributed by atoms with Gasteiger partial charge < -0.3 is 5.32 Å². The Kier molecular flexibility index (Phi) is 6.03. The molecular weight excluding hydrogens is 444 g/mol. The number of benzene rings is 2. The minimum absolute atomic E-state index is 0.243. The van der Waals surface area contributed by atoms with Crippen LogP contribution in [0.15, 0.2) is 30.3 Å². The van der Waals surface area contributed by atoms with Gasteiger partial charge in [-0.1, -0.05) is 12.1 Å². The molecule has 0 fully saturated rings. The zero-order valence-electron chi connectivity index (χ0n) is 15.6. The molecule has 0 radical (unpaired) electrons. The van der Waals surface area contributed by atoms with Crippen LogP contribution in [0.25, 0.3) is 0 Å². The summed E-state index contributed by atoms with van der Waals surface area (Å²) in [6.07, 6.45) is -12.6. The van der Waals surface area contributed by atoms with Crippen LogP contribution in [0.3, 0.4) is 0 Å². The van der Waals surface area contributed by atoms with Gasteiger partial charge in [0.25, 0.3) is 5.91 Å². The Morgan fingerprint density at radius 3 is 1.84 bits per heavy atom. The number of nitrogens with zero attached hydrogens (tertiary/aromatic N) is 1. The zero-order chi connectivity index (χ0) is 23.9. The fraction of sp³-hybridized carbons (Fsp3) is 0.278. The van der Waals surface area contributed by atoms with Crippen LogP contribution < -0.4 is 5.32 Å². The number of anilines is 1. The smallest absolute Gasteiger partial charge is 0.321 e. The summed E-state index contributed by atoms with van der Waals surface area (Å²) in [6, 6.07) is 2.70. The molecule has 0 saturated heterocycles. The monoisotopic (exact) mass is 456 g/mol. The first-order chi connectivity index (χ1) is 14.0. The first-order valence-corrected chi connectivity index (χ1v) is 8.20. The van der Waals surface area contributed by atoms with Gasteiger partial charge in [0.1, 0.15) is 0 Å². The van der Waals surface area contributed by atoms with Crippen LogP contribution in [0.1, 0.15) is 27.0 Å². The Morgan fingerprint density at radius 2 is 1.42 bits per heavy atom. The number of hydrogen-bond donors (Lipinski definition) is 1. The van der Waals surface area contributed by atoms with Crippen molar-refractivity contribution in [3.63, 3.8) is 0 Å². The van der Waals surface area contributed by atoms with Crippen molar-refractivity contribution in [3.05, 3.63) is 68.5 Å². The van der Waals surface area contributed by atoms with Gasteiger partial charge in [-0.25, -0.2) is 4.39 Å². The van der Waals surface area contributed by atoms with Gasteiger partial charge in [0, 0.05) is 22.9 Å². The molecule has 0 aromatic heterocycles. The van der Waals surface area contributed by atoms with E-state index in [2.05, 4.69) is 5.32 Å². The Balaban J connectivity index is 2.49. The van der Waals surface area contributed by atoms with E-state index in [9.17, 15) is 50.0 Å². The number of halogens is 8. The Hall–Kier alpha value is -3.25. The average Bonchev–Trinajstić information content (AvgIpc) is 2.61. The highest BCUT2D eigenvalue weighted by Crippen LogP contribution is 2.53. The SMILES string of the molecule is Cc1cc(C(F)(C(F)(F)F)C(F)(F)F)cc(C)c1NC(=O)c1ccc(F)c([N+](=O)[O-])c1. The minimum Gasteiger partial charge on any atom is -0.321 e. The summed E-state index contributed by atoms with van der Waals surface area (Å²) in [5, 5.41) is 12.9. The Morgan fingerprint density at radius 1 is 0.935 bits per heavy atom. The number of alkyl halides is 7. The highest BCUT2D eigenvalue weighted by atomic mass is 19.4. The van der Waals surface area contributed by atoms with Crippen molar-refractivity contribution in [2.45, 2.75) is 31.9 Å². The van der Waals surface area contributed by atoms with Crippen LogP contribution in [0.5, 0.6) is 0 Å². The molecule has 2 aromatic rings. The summed E-state index contributed by atoms with van der Waals surface area (Å²) >= 11 is 0. The molecular formula is C18H12F8N2O3. The average molecular weight is 456 g/mol. The van der Waals surface area contributed by atoms with E-state index < -0.39 is 51.5 Å². The van der Waals surface area contributed by atoms with Gasteiger partial charge in [0.15, 0.2) is 0 Å². The fourth-order valence-corrected chi connectivity index (χ4v) is 2.83. The molecule has 2 rings (SSSR count). The molecule has 0 aliphatic rings. The molecule has 0 aliphatic heterocycles. The molecule has 0 unspecified atom stereocenters. The molecule has 1 amide bonds. The van der Waals surface area contributed by atoms with Gasteiger partial charge >= 0.3 is 23.7 Å². The van der Waals surface area contributed by atoms with E-state index in [0.29, 0.717) is 12.1 Å². The molecule has 0 bridgehead atoms. The summed E-state index contributed by atoms with van der Waals surface area (Å²) in [7, 11) is 0. The van der Waals surface area contributed by atoms with E-state index in [-0.39, 0.29) is 28.9 Å².